The van der Waals surface area contributed by atoms with Crippen LogP contribution in [0.5, 0.6) is 0 Å². The van der Waals surface area contributed by atoms with Crippen molar-refractivity contribution in [2.75, 3.05) is 13.2 Å². The molecule has 0 radical (unpaired) electrons. The molecule has 0 unspecified atom stereocenters. The molecule has 0 atom stereocenters. The van der Waals surface area contributed by atoms with Crippen molar-refractivity contribution in [3.8, 4) is 0 Å². The summed E-state index contributed by atoms with van der Waals surface area (Å²) in [7, 11) is 0. The summed E-state index contributed by atoms with van der Waals surface area (Å²) in [5.74, 6) is 0.602. The average molecular weight is 383 g/mol. The van der Waals surface area contributed by atoms with Gasteiger partial charge in [-0.1, -0.05) is 65.7 Å². The summed E-state index contributed by atoms with van der Waals surface area (Å²) in [6.07, 6.45) is 13.4. The van der Waals surface area contributed by atoms with Crippen LogP contribution < -0.4 is 0 Å². The predicted molar refractivity (Wildman–Crippen MR) is 109 cm³/mol. The van der Waals surface area contributed by atoms with Crippen molar-refractivity contribution in [3.05, 3.63) is 0 Å². The van der Waals surface area contributed by atoms with E-state index < -0.39 is 0 Å². The molecule has 0 aromatic rings. The van der Waals surface area contributed by atoms with Crippen LogP contribution in [0, 0.1) is 17.8 Å². The largest absolute Gasteiger partial charge is 0.465 e. The second-order valence-corrected chi connectivity index (χ2v) is 8.54. The first-order chi connectivity index (χ1) is 13.0. The van der Waals surface area contributed by atoms with Crippen LogP contribution in [0.3, 0.4) is 0 Å². The number of unbranched alkanes of at least 4 members (excludes halogenated alkanes) is 6. The van der Waals surface area contributed by atoms with Crippen LogP contribution in [0.1, 0.15) is 104 Å². The van der Waals surface area contributed by atoms with Gasteiger partial charge in [0.25, 0.3) is 0 Å². The molecule has 158 valence electrons. The Morgan fingerprint density at radius 3 is 1.67 bits per heavy atom. The van der Waals surface area contributed by atoms with Gasteiger partial charge in [0.05, 0.1) is 25.0 Å². The standard InChI is InChI=1S/C23H42O4/c1-4-5-10-17-26-22(24)20-13-15-21(16-14-20)23(25)27-18-11-8-6-7-9-12-19(2)3/h19-21H,4-18H2,1-3H3. The van der Waals surface area contributed by atoms with E-state index >= 15 is 0 Å². The summed E-state index contributed by atoms with van der Waals surface area (Å²) in [6.45, 7) is 7.75. The molecule has 4 nitrogen and oxygen atoms in total. The maximum Gasteiger partial charge on any atom is 0.308 e. The summed E-state index contributed by atoms with van der Waals surface area (Å²) in [5.41, 5.74) is 0. The van der Waals surface area contributed by atoms with Crippen LogP contribution in [0.4, 0.5) is 0 Å². The zero-order valence-corrected chi connectivity index (χ0v) is 18.0. The van der Waals surface area contributed by atoms with E-state index in [0.717, 1.165) is 63.7 Å². The van der Waals surface area contributed by atoms with Crippen LogP contribution in [-0.4, -0.2) is 25.2 Å². The van der Waals surface area contributed by atoms with Crippen LogP contribution in [-0.2, 0) is 19.1 Å². The van der Waals surface area contributed by atoms with Gasteiger partial charge in [0.1, 0.15) is 0 Å². The molecule has 0 saturated heterocycles. The van der Waals surface area contributed by atoms with E-state index in [1.165, 1.54) is 25.7 Å². The molecule has 4 heteroatoms. The quantitative estimate of drug-likeness (QED) is 0.270. The Labute approximate surface area is 166 Å². The van der Waals surface area contributed by atoms with Crippen LogP contribution in [0.25, 0.3) is 0 Å². The Kier molecular flexibility index (Phi) is 13.3. The molecule has 0 bridgehead atoms. The molecule has 1 saturated carbocycles. The Morgan fingerprint density at radius 2 is 1.19 bits per heavy atom. The molecular formula is C23H42O4. The van der Waals surface area contributed by atoms with Gasteiger partial charge in [-0.3, -0.25) is 9.59 Å². The first kappa shape index (κ1) is 24.0. The molecule has 0 N–H and O–H groups in total. The summed E-state index contributed by atoms with van der Waals surface area (Å²) in [5, 5.41) is 0. The molecule has 0 spiro atoms. The fourth-order valence-corrected chi connectivity index (χ4v) is 3.68. The van der Waals surface area contributed by atoms with E-state index in [0.29, 0.717) is 13.2 Å². The van der Waals surface area contributed by atoms with Crippen LogP contribution >= 0.6 is 0 Å². The highest BCUT2D eigenvalue weighted by molar-refractivity contribution is 5.75. The SMILES string of the molecule is CCCCCOC(=O)C1CCC(C(=O)OCCCCCCCC(C)C)CC1. The normalized spacial score (nSPS) is 19.9. The number of ether oxygens (including phenoxy) is 2. The van der Waals surface area contributed by atoms with E-state index in [1.807, 2.05) is 0 Å². The highest BCUT2D eigenvalue weighted by Crippen LogP contribution is 2.30. The molecule has 0 amide bonds. The fourth-order valence-electron chi connectivity index (χ4n) is 3.68. The van der Waals surface area contributed by atoms with Crippen molar-refractivity contribution >= 4 is 11.9 Å². The van der Waals surface area contributed by atoms with Gasteiger partial charge in [-0.15, -0.1) is 0 Å². The third-order valence-corrected chi connectivity index (χ3v) is 5.56. The van der Waals surface area contributed by atoms with E-state index in [9.17, 15) is 9.59 Å². The van der Waals surface area contributed by atoms with Gasteiger partial charge in [0.15, 0.2) is 0 Å². The third-order valence-electron chi connectivity index (χ3n) is 5.56. The zero-order chi connectivity index (χ0) is 19.9. The first-order valence-corrected chi connectivity index (χ1v) is 11.4. The molecule has 1 rings (SSSR count). The molecular weight excluding hydrogens is 340 g/mol. The second-order valence-electron chi connectivity index (χ2n) is 8.54. The third kappa shape index (κ3) is 11.4. The van der Waals surface area contributed by atoms with Gasteiger partial charge >= 0.3 is 11.9 Å². The molecule has 0 heterocycles. The van der Waals surface area contributed by atoms with Gasteiger partial charge in [-0.2, -0.15) is 0 Å². The first-order valence-electron chi connectivity index (χ1n) is 11.4. The highest BCUT2D eigenvalue weighted by atomic mass is 16.5. The minimum Gasteiger partial charge on any atom is -0.465 e. The number of hydrogen-bond acceptors (Lipinski definition) is 4. The Bertz CT molecular complexity index is 397. The molecule has 1 fully saturated rings. The molecule has 0 aromatic heterocycles. The number of carbonyl (C=O) groups excluding carboxylic acids is 2. The lowest BCUT2D eigenvalue weighted by molar-refractivity contribution is -0.155. The summed E-state index contributed by atoms with van der Waals surface area (Å²) in [6, 6.07) is 0. The lowest BCUT2D eigenvalue weighted by Crippen LogP contribution is -2.28. The topological polar surface area (TPSA) is 52.6 Å². The Hall–Kier alpha value is -1.06. The van der Waals surface area contributed by atoms with Crippen molar-refractivity contribution in [3.63, 3.8) is 0 Å². The summed E-state index contributed by atoms with van der Waals surface area (Å²) >= 11 is 0. The maximum atomic E-state index is 12.2. The van der Waals surface area contributed by atoms with Gasteiger partial charge < -0.3 is 9.47 Å². The molecule has 0 aromatic carbocycles. The van der Waals surface area contributed by atoms with E-state index in [1.54, 1.807) is 0 Å². The predicted octanol–water partition coefficient (Wildman–Crippen LogP) is 6.07. The van der Waals surface area contributed by atoms with Crippen molar-refractivity contribution < 1.29 is 19.1 Å². The van der Waals surface area contributed by atoms with Crippen LogP contribution in [0.15, 0.2) is 0 Å². The van der Waals surface area contributed by atoms with Crippen LogP contribution in [0.2, 0.25) is 0 Å². The smallest absolute Gasteiger partial charge is 0.308 e. The van der Waals surface area contributed by atoms with Crippen molar-refractivity contribution in [1.29, 1.82) is 0 Å². The molecule has 0 aliphatic heterocycles. The maximum absolute atomic E-state index is 12.2. The van der Waals surface area contributed by atoms with Gasteiger partial charge in [0.2, 0.25) is 0 Å². The molecule has 27 heavy (non-hydrogen) atoms. The monoisotopic (exact) mass is 382 g/mol. The number of esters is 2. The summed E-state index contributed by atoms with van der Waals surface area (Å²) in [4.78, 5) is 24.2. The highest BCUT2D eigenvalue weighted by Gasteiger charge is 2.31. The lowest BCUT2D eigenvalue weighted by Gasteiger charge is -2.26. The second kappa shape index (κ2) is 14.9. The van der Waals surface area contributed by atoms with Crippen molar-refractivity contribution in [1.82, 2.24) is 0 Å². The fraction of sp³-hybridized carbons (Fsp3) is 0.913. The number of hydrogen-bond donors (Lipinski definition) is 0. The van der Waals surface area contributed by atoms with E-state index in [2.05, 4.69) is 20.8 Å². The Morgan fingerprint density at radius 1 is 0.741 bits per heavy atom. The average Bonchev–Trinajstić information content (AvgIpc) is 2.67. The van der Waals surface area contributed by atoms with Gasteiger partial charge in [-0.25, -0.2) is 0 Å². The minimum atomic E-state index is -0.0737. The van der Waals surface area contributed by atoms with E-state index in [-0.39, 0.29) is 23.8 Å². The van der Waals surface area contributed by atoms with Crippen molar-refractivity contribution in [2.45, 2.75) is 104 Å². The minimum absolute atomic E-state index is 0.0264. The number of carbonyl (C=O) groups is 2. The Balaban J connectivity index is 2.04. The molecule has 1 aliphatic rings. The van der Waals surface area contributed by atoms with Gasteiger partial charge in [0, 0.05) is 0 Å². The van der Waals surface area contributed by atoms with Crippen molar-refractivity contribution in [2.24, 2.45) is 17.8 Å². The lowest BCUT2D eigenvalue weighted by atomic mass is 9.82. The summed E-state index contributed by atoms with van der Waals surface area (Å²) < 4.78 is 10.8. The number of rotatable bonds is 14. The molecule has 1 aliphatic carbocycles. The zero-order valence-electron chi connectivity index (χ0n) is 18.0. The van der Waals surface area contributed by atoms with E-state index in [4.69, 9.17) is 9.47 Å². The van der Waals surface area contributed by atoms with Gasteiger partial charge in [-0.05, 0) is 44.4 Å².